The molecule has 0 radical (unpaired) electrons. The topological polar surface area (TPSA) is 92.4 Å². The minimum atomic E-state index is -0.0435. The molecule has 1 aromatic heterocycles. The van der Waals surface area contributed by atoms with Crippen LogP contribution >= 0.6 is 11.3 Å². The molecule has 2 aromatic rings. The van der Waals surface area contributed by atoms with Gasteiger partial charge in [-0.05, 0) is 30.5 Å². The van der Waals surface area contributed by atoms with Gasteiger partial charge in [-0.3, -0.25) is 4.79 Å². The van der Waals surface area contributed by atoms with Crippen LogP contribution in [-0.2, 0) is 17.6 Å². The normalized spacial score (nSPS) is 11.1. The lowest BCUT2D eigenvalue weighted by molar-refractivity contribution is -0.118. The predicted octanol–water partition coefficient (Wildman–Crippen LogP) is 2.65. The first kappa shape index (κ1) is 17.1. The zero-order chi connectivity index (χ0) is 16.7. The van der Waals surface area contributed by atoms with E-state index in [0.29, 0.717) is 5.13 Å². The summed E-state index contributed by atoms with van der Waals surface area (Å²) < 4.78 is 0. The summed E-state index contributed by atoms with van der Waals surface area (Å²) in [4.78, 5) is 20.2. The van der Waals surface area contributed by atoms with Crippen LogP contribution in [0.5, 0.6) is 0 Å². The second-order valence-electron chi connectivity index (χ2n) is 5.38. The van der Waals surface area contributed by atoms with Crippen molar-refractivity contribution in [1.82, 2.24) is 10.4 Å². The van der Waals surface area contributed by atoms with Gasteiger partial charge in [0.1, 0.15) is 6.34 Å². The fraction of sp³-hybridized carbons (Fsp3) is 0.312. The van der Waals surface area contributed by atoms with Gasteiger partial charge in [-0.25, -0.2) is 15.8 Å². The number of hydrogen-bond donors (Lipinski definition) is 3. The van der Waals surface area contributed by atoms with Crippen molar-refractivity contribution in [2.45, 2.75) is 26.7 Å². The number of thiazole rings is 1. The molecule has 1 amide bonds. The molecule has 6 nitrogen and oxygen atoms in total. The highest BCUT2D eigenvalue weighted by molar-refractivity contribution is 7.13. The Morgan fingerprint density at radius 3 is 2.74 bits per heavy atom. The average molecular weight is 331 g/mol. The molecule has 4 N–H and O–H groups in total. The van der Waals surface area contributed by atoms with Crippen molar-refractivity contribution in [3.05, 3.63) is 40.9 Å². The molecule has 0 saturated carbocycles. The third-order valence-electron chi connectivity index (χ3n) is 3.20. The number of benzene rings is 1. The predicted molar refractivity (Wildman–Crippen MR) is 94.9 cm³/mol. The molecular formula is C16H21N5OS. The van der Waals surface area contributed by atoms with Gasteiger partial charge < -0.3 is 10.7 Å². The lowest BCUT2D eigenvalue weighted by atomic mass is 10.1. The van der Waals surface area contributed by atoms with Crippen molar-refractivity contribution in [3.8, 4) is 0 Å². The number of amides is 1. The molecule has 0 spiro atoms. The number of carbonyl (C=O) groups excluding carboxylic acids is 1. The van der Waals surface area contributed by atoms with E-state index in [-0.39, 0.29) is 11.8 Å². The van der Waals surface area contributed by atoms with Crippen molar-refractivity contribution in [2.24, 2.45) is 16.8 Å². The number of aliphatic imine (C=N–C) groups is 1. The van der Waals surface area contributed by atoms with Gasteiger partial charge in [-0.2, -0.15) is 0 Å². The third kappa shape index (κ3) is 5.46. The molecular weight excluding hydrogens is 310 g/mol. The van der Waals surface area contributed by atoms with Crippen molar-refractivity contribution in [2.75, 3.05) is 5.32 Å². The minimum absolute atomic E-state index is 0.00554. The fourth-order valence-corrected chi connectivity index (χ4v) is 2.61. The number of nitrogens with two attached hydrogens (primary N) is 1. The largest absolute Gasteiger partial charge is 0.315 e. The smallest absolute Gasteiger partial charge is 0.228 e. The van der Waals surface area contributed by atoms with E-state index in [1.165, 1.54) is 23.2 Å². The summed E-state index contributed by atoms with van der Waals surface area (Å²) in [6, 6.07) is 7.96. The summed E-state index contributed by atoms with van der Waals surface area (Å²) in [5.41, 5.74) is 5.42. The molecule has 1 aromatic carbocycles. The molecule has 0 unspecified atom stereocenters. The standard InChI is InChI=1S/C16H21N5OS/c1-11(2)15(22)21-16-20-14(9-23-16)8-5-12-3-6-13(7-4-12)18-10-19-17/h3-4,6-7,9-11H,5,8,17H2,1-2H3,(H,18,19)(H,20,21,22). The molecule has 122 valence electrons. The van der Waals surface area contributed by atoms with Crippen LogP contribution in [-0.4, -0.2) is 17.2 Å². The molecule has 23 heavy (non-hydrogen) atoms. The highest BCUT2D eigenvalue weighted by Gasteiger charge is 2.10. The van der Waals surface area contributed by atoms with E-state index < -0.39 is 0 Å². The minimum Gasteiger partial charge on any atom is -0.315 e. The van der Waals surface area contributed by atoms with E-state index >= 15 is 0 Å². The van der Waals surface area contributed by atoms with Crippen LogP contribution in [0.2, 0.25) is 0 Å². The second kappa shape index (κ2) is 8.40. The Hall–Kier alpha value is -2.25. The van der Waals surface area contributed by atoms with E-state index in [0.717, 1.165) is 24.2 Å². The Balaban J connectivity index is 1.87. The van der Waals surface area contributed by atoms with Gasteiger partial charge in [-0.1, -0.05) is 26.0 Å². The molecule has 0 atom stereocenters. The molecule has 7 heteroatoms. The molecule has 0 fully saturated rings. The number of rotatable bonds is 7. The Kier molecular flexibility index (Phi) is 6.25. The molecule has 0 aliphatic carbocycles. The first-order chi connectivity index (χ1) is 11.1. The summed E-state index contributed by atoms with van der Waals surface area (Å²) in [6.07, 6.45) is 3.17. The van der Waals surface area contributed by atoms with E-state index in [9.17, 15) is 4.79 Å². The lowest BCUT2D eigenvalue weighted by Crippen LogP contribution is -2.18. The number of anilines is 1. The number of hydrogen-bond acceptors (Lipinski definition) is 5. The average Bonchev–Trinajstić information content (AvgIpc) is 2.99. The Labute approximate surface area is 139 Å². The molecule has 0 bridgehead atoms. The summed E-state index contributed by atoms with van der Waals surface area (Å²) in [5, 5.41) is 5.48. The number of aryl methyl sites for hydroxylation is 2. The van der Waals surface area contributed by atoms with Crippen LogP contribution in [0.1, 0.15) is 25.1 Å². The number of nitrogens with zero attached hydrogens (tertiary/aromatic N) is 2. The quantitative estimate of drug-likeness (QED) is 0.315. The number of nitrogens with one attached hydrogen (secondary N) is 2. The maximum absolute atomic E-state index is 11.6. The third-order valence-corrected chi connectivity index (χ3v) is 4.01. The van der Waals surface area contributed by atoms with E-state index in [4.69, 9.17) is 5.84 Å². The Bertz CT molecular complexity index is 663. The van der Waals surface area contributed by atoms with Crippen LogP contribution < -0.4 is 16.6 Å². The zero-order valence-corrected chi connectivity index (χ0v) is 14.1. The first-order valence-corrected chi connectivity index (χ1v) is 8.29. The van der Waals surface area contributed by atoms with Crippen molar-refractivity contribution >= 4 is 34.4 Å². The van der Waals surface area contributed by atoms with Gasteiger partial charge in [0.2, 0.25) is 5.91 Å². The van der Waals surface area contributed by atoms with E-state index in [2.05, 4.69) is 20.7 Å². The van der Waals surface area contributed by atoms with Gasteiger partial charge >= 0.3 is 0 Å². The van der Waals surface area contributed by atoms with Crippen LogP contribution in [0, 0.1) is 5.92 Å². The van der Waals surface area contributed by atoms with Gasteiger partial charge in [0.05, 0.1) is 11.4 Å². The number of carbonyl (C=O) groups is 1. The highest BCUT2D eigenvalue weighted by Crippen LogP contribution is 2.19. The van der Waals surface area contributed by atoms with Crippen LogP contribution in [0.3, 0.4) is 0 Å². The van der Waals surface area contributed by atoms with E-state index in [1.807, 2.05) is 43.5 Å². The summed E-state index contributed by atoms with van der Waals surface area (Å²) in [7, 11) is 0. The van der Waals surface area contributed by atoms with E-state index in [1.54, 1.807) is 0 Å². The van der Waals surface area contributed by atoms with Crippen molar-refractivity contribution < 1.29 is 4.79 Å². The van der Waals surface area contributed by atoms with Gasteiger partial charge in [-0.15, -0.1) is 11.3 Å². The molecule has 0 saturated heterocycles. The fourth-order valence-electron chi connectivity index (χ4n) is 1.86. The number of hydrazine groups is 1. The molecule has 0 aliphatic heterocycles. The Morgan fingerprint density at radius 1 is 1.35 bits per heavy atom. The van der Waals surface area contributed by atoms with Crippen molar-refractivity contribution in [1.29, 1.82) is 0 Å². The SMILES string of the molecule is CC(C)C(=O)Nc1nc(CCc2ccc(N=CNN)cc2)cs1. The monoisotopic (exact) mass is 331 g/mol. The second-order valence-corrected chi connectivity index (χ2v) is 6.24. The molecule has 1 heterocycles. The zero-order valence-electron chi connectivity index (χ0n) is 13.2. The summed E-state index contributed by atoms with van der Waals surface area (Å²) >= 11 is 1.46. The highest BCUT2D eigenvalue weighted by atomic mass is 32.1. The first-order valence-electron chi connectivity index (χ1n) is 7.41. The summed E-state index contributed by atoms with van der Waals surface area (Å²) in [6.45, 7) is 3.72. The van der Waals surface area contributed by atoms with Gasteiger partial charge in [0.15, 0.2) is 5.13 Å². The van der Waals surface area contributed by atoms with Crippen LogP contribution in [0.4, 0.5) is 10.8 Å². The lowest BCUT2D eigenvalue weighted by Gasteiger charge is -2.03. The maximum atomic E-state index is 11.6. The van der Waals surface area contributed by atoms with Crippen molar-refractivity contribution in [3.63, 3.8) is 0 Å². The Morgan fingerprint density at radius 2 is 2.09 bits per heavy atom. The molecule has 0 aliphatic rings. The maximum Gasteiger partial charge on any atom is 0.228 e. The van der Waals surface area contributed by atoms with Gasteiger partial charge in [0.25, 0.3) is 0 Å². The van der Waals surface area contributed by atoms with Crippen LogP contribution in [0.15, 0.2) is 34.6 Å². The summed E-state index contributed by atoms with van der Waals surface area (Å²) in [5.74, 6) is 5.09. The molecule has 2 rings (SSSR count). The van der Waals surface area contributed by atoms with Gasteiger partial charge in [0, 0.05) is 11.3 Å². The van der Waals surface area contributed by atoms with Crippen LogP contribution in [0.25, 0.3) is 0 Å². The number of aromatic nitrogens is 1.